The van der Waals surface area contributed by atoms with Crippen LogP contribution >= 0.6 is 0 Å². The maximum Gasteiger partial charge on any atom is 0.251 e. The molecular formula is C9H6N4. The van der Waals surface area contributed by atoms with Crippen LogP contribution in [-0.4, -0.2) is 19.6 Å². The SMILES string of the molecule is c1ccc2c(c1)nc1nccnn12. The van der Waals surface area contributed by atoms with Crippen molar-refractivity contribution >= 4 is 16.8 Å². The van der Waals surface area contributed by atoms with Crippen molar-refractivity contribution in [2.75, 3.05) is 0 Å². The van der Waals surface area contributed by atoms with Crippen molar-refractivity contribution in [1.29, 1.82) is 0 Å². The van der Waals surface area contributed by atoms with E-state index in [2.05, 4.69) is 15.1 Å². The van der Waals surface area contributed by atoms with E-state index in [1.807, 2.05) is 24.3 Å². The summed E-state index contributed by atoms with van der Waals surface area (Å²) in [7, 11) is 0. The molecule has 0 radical (unpaired) electrons. The summed E-state index contributed by atoms with van der Waals surface area (Å²) in [6.07, 6.45) is 3.29. The number of fused-ring (bicyclic) bond motifs is 3. The highest BCUT2D eigenvalue weighted by Crippen LogP contribution is 2.12. The number of hydrogen-bond donors (Lipinski definition) is 0. The van der Waals surface area contributed by atoms with Crippen molar-refractivity contribution in [3.05, 3.63) is 36.7 Å². The second-order valence-corrected chi connectivity index (χ2v) is 2.76. The third kappa shape index (κ3) is 0.823. The minimum atomic E-state index is 0.642. The molecule has 0 saturated carbocycles. The Kier molecular flexibility index (Phi) is 1.14. The molecule has 0 amide bonds. The van der Waals surface area contributed by atoms with E-state index in [9.17, 15) is 0 Å². The van der Waals surface area contributed by atoms with Crippen LogP contribution in [0.5, 0.6) is 0 Å². The Balaban J connectivity index is 2.64. The topological polar surface area (TPSA) is 43.1 Å². The van der Waals surface area contributed by atoms with Crippen LogP contribution in [0.3, 0.4) is 0 Å². The fraction of sp³-hybridized carbons (Fsp3) is 0. The maximum absolute atomic E-state index is 4.30. The van der Waals surface area contributed by atoms with Crippen molar-refractivity contribution in [1.82, 2.24) is 19.6 Å². The standard InChI is InChI=1S/C9H6N4/c1-2-4-8-7(3-1)12-9-10-5-6-11-13(8)9/h1-6H. The quantitative estimate of drug-likeness (QED) is 0.510. The molecule has 4 heteroatoms. The van der Waals surface area contributed by atoms with Gasteiger partial charge in [-0.15, -0.1) is 0 Å². The van der Waals surface area contributed by atoms with Gasteiger partial charge in [-0.05, 0) is 12.1 Å². The van der Waals surface area contributed by atoms with Crippen molar-refractivity contribution in [3.63, 3.8) is 0 Å². The molecule has 3 rings (SSSR count). The molecule has 0 aliphatic heterocycles. The summed E-state index contributed by atoms with van der Waals surface area (Å²) in [5.41, 5.74) is 1.92. The highest BCUT2D eigenvalue weighted by Gasteiger charge is 2.02. The molecule has 4 nitrogen and oxygen atoms in total. The average molecular weight is 170 g/mol. The van der Waals surface area contributed by atoms with Crippen molar-refractivity contribution in [2.24, 2.45) is 0 Å². The number of aromatic nitrogens is 4. The zero-order chi connectivity index (χ0) is 8.67. The van der Waals surface area contributed by atoms with Gasteiger partial charge in [-0.25, -0.2) is 9.97 Å². The number of benzene rings is 1. The molecular weight excluding hydrogens is 164 g/mol. The fourth-order valence-electron chi connectivity index (χ4n) is 1.39. The smallest absolute Gasteiger partial charge is 0.218 e. The fourth-order valence-corrected chi connectivity index (χ4v) is 1.39. The van der Waals surface area contributed by atoms with E-state index in [0.29, 0.717) is 5.78 Å². The van der Waals surface area contributed by atoms with Gasteiger partial charge in [-0.1, -0.05) is 12.1 Å². The summed E-state index contributed by atoms with van der Waals surface area (Å²) in [6.45, 7) is 0. The van der Waals surface area contributed by atoms with Gasteiger partial charge in [0, 0.05) is 0 Å². The third-order valence-corrected chi connectivity index (χ3v) is 1.96. The second-order valence-electron chi connectivity index (χ2n) is 2.76. The summed E-state index contributed by atoms with van der Waals surface area (Å²) in [5.74, 6) is 0.642. The molecule has 0 unspecified atom stereocenters. The Morgan fingerprint density at radius 2 is 2.00 bits per heavy atom. The molecule has 2 aromatic heterocycles. The summed E-state index contributed by atoms with van der Waals surface area (Å²) >= 11 is 0. The van der Waals surface area contributed by atoms with E-state index >= 15 is 0 Å². The molecule has 62 valence electrons. The molecule has 0 bridgehead atoms. The van der Waals surface area contributed by atoms with Gasteiger partial charge in [0.05, 0.1) is 23.4 Å². The van der Waals surface area contributed by atoms with E-state index in [1.165, 1.54) is 0 Å². The van der Waals surface area contributed by atoms with Gasteiger partial charge in [0.2, 0.25) is 0 Å². The van der Waals surface area contributed by atoms with Gasteiger partial charge < -0.3 is 0 Å². The first kappa shape index (κ1) is 6.54. The highest BCUT2D eigenvalue weighted by molar-refractivity contribution is 5.78. The van der Waals surface area contributed by atoms with Gasteiger partial charge in [0.15, 0.2) is 0 Å². The molecule has 0 aliphatic carbocycles. The Bertz CT molecular complexity index is 519. The van der Waals surface area contributed by atoms with Crippen molar-refractivity contribution in [2.45, 2.75) is 0 Å². The number of nitrogens with zero attached hydrogens (tertiary/aromatic N) is 4. The minimum Gasteiger partial charge on any atom is -0.218 e. The number of hydrogen-bond acceptors (Lipinski definition) is 3. The zero-order valence-electron chi connectivity index (χ0n) is 6.75. The van der Waals surface area contributed by atoms with Gasteiger partial charge in [-0.2, -0.15) is 9.61 Å². The Hall–Kier alpha value is -1.97. The van der Waals surface area contributed by atoms with Gasteiger partial charge in [0.25, 0.3) is 5.78 Å². The Morgan fingerprint density at radius 1 is 1.08 bits per heavy atom. The van der Waals surface area contributed by atoms with Crippen LogP contribution in [0.1, 0.15) is 0 Å². The molecule has 2 heterocycles. The molecule has 0 saturated heterocycles. The lowest BCUT2D eigenvalue weighted by molar-refractivity contribution is 0.927. The highest BCUT2D eigenvalue weighted by atomic mass is 15.3. The third-order valence-electron chi connectivity index (χ3n) is 1.96. The average Bonchev–Trinajstić information content (AvgIpc) is 2.56. The first-order valence-corrected chi connectivity index (χ1v) is 4.00. The van der Waals surface area contributed by atoms with E-state index in [4.69, 9.17) is 0 Å². The maximum atomic E-state index is 4.30. The first-order chi connectivity index (χ1) is 6.45. The van der Waals surface area contributed by atoms with E-state index < -0.39 is 0 Å². The molecule has 0 spiro atoms. The monoisotopic (exact) mass is 170 g/mol. The normalized spacial score (nSPS) is 11.1. The molecule has 0 aliphatic rings. The van der Waals surface area contributed by atoms with Gasteiger partial charge >= 0.3 is 0 Å². The molecule has 3 aromatic rings. The Morgan fingerprint density at radius 3 is 3.00 bits per heavy atom. The molecule has 0 fully saturated rings. The molecule has 0 N–H and O–H groups in total. The van der Waals surface area contributed by atoms with Crippen LogP contribution in [0.2, 0.25) is 0 Å². The predicted octanol–water partition coefficient (Wildman–Crippen LogP) is 1.28. The molecule has 13 heavy (non-hydrogen) atoms. The van der Waals surface area contributed by atoms with Crippen molar-refractivity contribution in [3.8, 4) is 0 Å². The van der Waals surface area contributed by atoms with Gasteiger partial charge in [0.1, 0.15) is 0 Å². The van der Waals surface area contributed by atoms with Crippen LogP contribution in [0.25, 0.3) is 16.8 Å². The predicted molar refractivity (Wildman–Crippen MR) is 48.3 cm³/mol. The lowest BCUT2D eigenvalue weighted by Gasteiger charge is -1.89. The van der Waals surface area contributed by atoms with Gasteiger partial charge in [-0.3, -0.25) is 0 Å². The van der Waals surface area contributed by atoms with Crippen LogP contribution in [0.4, 0.5) is 0 Å². The summed E-state index contributed by atoms with van der Waals surface area (Å²) in [4.78, 5) is 8.41. The van der Waals surface area contributed by atoms with Crippen LogP contribution in [0, 0.1) is 0 Å². The summed E-state index contributed by atoms with van der Waals surface area (Å²) in [6, 6.07) is 7.84. The number of para-hydroxylation sites is 2. The summed E-state index contributed by atoms with van der Waals surface area (Å²) in [5, 5.41) is 4.16. The largest absolute Gasteiger partial charge is 0.251 e. The van der Waals surface area contributed by atoms with Crippen LogP contribution in [-0.2, 0) is 0 Å². The first-order valence-electron chi connectivity index (χ1n) is 4.00. The van der Waals surface area contributed by atoms with E-state index in [1.54, 1.807) is 16.9 Å². The lowest BCUT2D eigenvalue weighted by Crippen LogP contribution is -1.91. The number of rotatable bonds is 0. The molecule has 0 atom stereocenters. The lowest BCUT2D eigenvalue weighted by atomic mass is 10.3. The van der Waals surface area contributed by atoms with Crippen LogP contribution < -0.4 is 0 Å². The minimum absolute atomic E-state index is 0.642. The molecule has 1 aromatic carbocycles. The zero-order valence-corrected chi connectivity index (χ0v) is 6.75. The second kappa shape index (κ2) is 2.26. The van der Waals surface area contributed by atoms with Crippen molar-refractivity contribution < 1.29 is 0 Å². The van der Waals surface area contributed by atoms with E-state index in [-0.39, 0.29) is 0 Å². The van der Waals surface area contributed by atoms with Crippen LogP contribution in [0.15, 0.2) is 36.7 Å². The summed E-state index contributed by atoms with van der Waals surface area (Å²) < 4.78 is 1.73. The van der Waals surface area contributed by atoms with E-state index in [0.717, 1.165) is 11.0 Å². The Labute approximate surface area is 73.9 Å². The number of imidazole rings is 1.